The molecule has 0 bridgehead atoms. The van der Waals surface area contributed by atoms with Gasteiger partial charge in [0.05, 0.1) is 39.3 Å². The Morgan fingerprint density at radius 2 is 1.37 bits per heavy atom. The fourth-order valence-corrected chi connectivity index (χ4v) is 10.2. The lowest BCUT2D eigenvalue weighted by Crippen LogP contribution is -2.74. The van der Waals surface area contributed by atoms with E-state index < -0.39 is 17.1 Å². The molecule has 2 spiro atoms. The van der Waals surface area contributed by atoms with Crippen molar-refractivity contribution >= 4 is 29.5 Å². The van der Waals surface area contributed by atoms with Gasteiger partial charge in [-0.15, -0.1) is 0 Å². The summed E-state index contributed by atoms with van der Waals surface area (Å²) in [5.74, 6) is -0.514. The van der Waals surface area contributed by atoms with Crippen LogP contribution in [0.4, 0.5) is 9.18 Å². The van der Waals surface area contributed by atoms with Crippen molar-refractivity contribution in [3.8, 4) is 33.8 Å². The van der Waals surface area contributed by atoms with Crippen LogP contribution in [0.15, 0.2) is 42.9 Å². The number of carbonyl (C=O) groups is 3. The van der Waals surface area contributed by atoms with Gasteiger partial charge < -0.3 is 34.7 Å². The molecule has 3 amide bonds. The van der Waals surface area contributed by atoms with Crippen LogP contribution in [-0.4, -0.2) is 89.8 Å². The maximum Gasteiger partial charge on any atom is 0.410 e. The second-order valence-corrected chi connectivity index (χ2v) is 18.3. The van der Waals surface area contributed by atoms with Crippen molar-refractivity contribution < 1.29 is 23.5 Å². The molecular formula is C44H45ClFN9O4. The lowest BCUT2D eigenvalue weighted by Gasteiger charge is -2.51. The molecule has 2 fully saturated rings. The van der Waals surface area contributed by atoms with Gasteiger partial charge in [0.2, 0.25) is 5.95 Å². The number of aromatic nitrogens is 5. The maximum absolute atomic E-state index is 13.2. The molecule has 4 aliphatic heterocycles. The number of ether oxygens (including phenoxy) is 1. The van der Waals surface area contributed by atoms with Crippen molar-refractivity contribution in [2.24, 2.45) is 14.1 Å². The highest BCUT2D eigenvalue weighted by atomic mass is 35.5. The van der Waals surface area contributed by atoms with Crippen molar-refractivity contribution in [1.82, 2.24) is 44.9 Å². The second kappa shape index (κ2) is 13.2. The van der Waals surface area contributed by atoms with Crippen LogP contribution in [-0.2, 0) is 57.4 Å². The first kappa shape index (κ1) is 37.7. The quantitative estimate of drug-likeness (QED) is 0.198. The molecule has 0 aromatic carbocycles. The molecule has 2 aliphatic carbocycles. The van der Waals surface area contributed by atoms with Gasteiger partial charge in [-0.25, -0.2) is 14.8 Å². The fourth-order valence-electron chi connectivity index (χ4n) is 10.0. The molecule has 59 heavy (non-hydrogen) atoms. The second-order valence-electron chi connectivity index (χ2n) is 17.9. The Balaban J connectivity index is 0.000000143. The Labute approximate surface area is 345 Å². The summed E-state index contributed by atoms with van der Waals surface area (Å²) in [7, 11) is 4.07. The number of nitrogens with zero attached hydrogens (tertiary/aromatic N) is 6. The van der Waals surface area contributed by atoms with Crippen LogP contribution in [0, 0.1) is 5.95 Å². The van der Waals surface area contributed by atoms with Gasteiger partial charge in [-0.3, -0.25) is 14.6 Å². The van der Waals surface area contributed by atoms with Gasteiger partial charge >= 0.3 is 6.09 Å². The lowest BCUT2D eigenvalue weighted by molar-refractivity contribution is -0.0170. The Kier molecular flexibility index (Phi) is 8.43. The lowest BCUT2D eigenvalue weighted by atomic mass is 9.80. The molecule has 2 saturated heterocycles. The topological polar surface area (TPSA) is 148 Å². The maximum atomic E-state index is 13.2. The summed E-state index contributed by atoms with van der Waals surface area (Å²) in [4.78, 5) is 52.7. The van der Waals surface area contributed by atoms with E-state index in [1.54, 1.807) is 11.0 Å². The molecule has 9 heterocycles. The van der Waals surface area contributed by atoms with E-state index in [1.165, 1.54) is 17.8 Å². The van der Waals surface area contributed by atoms with E-state index in [0.717, 1.165) is 118 Å². The van der Waals surface area contributed by atoms with Crippen LogP contribution >= 0.6 is 11.6 Å². The zero-order valence-corrected chi connectivity index (χ0v) is 34.4. The molecule has 11 rings (SSSR count). The smallest absolute Gasteiger partial charge is 0.410 e. The highest BCUT2D eigenvalue weighted by Crippen LogP contribution is 2.44. The number of halogens is 2. The highest BCUT2D eigenvalue weighted by Gasteiger charge is 2.52. The van der Waals surface area contributed by atoms with E-state index in [1.807, 2.05) is 52.3 Å². The van der Waals surface area contributed by atoms with Crippen LogP contribution in [0.5, 0.6) is 0 Å². The van der Waals surface area contributed by atoms with Gasteiger partial charge in [-0.05, 0) is 93.0 Å². The summed E-state index contributed by atoms with van der Waals surface area (Å²) < 4.78 is 23.0. The van der Waals surface area contributed by atoms with Crippen molar-refractivity contribution in [3.05, 3.63) is 98.7 Å². The van der Waals surface area contributed by atoms with Crippen LogP contribution in [0.3, 0.4) is 0 Å². The average molecular weight is 818 g/mol. The van der Waals surface area contributed by atoms with E-state index in [2.05, 4.69) is 47.1 Å². The number of aryl methyl sites for hydroxylation is 2. The fraction of sp³-hybridized carbons (Fsp3) is 0.409. The monoisotopic (exact) mass is 817 g/mol. The number of fused-ring (bicyclic) bond motifs is 10. The largest absolute Gasteiger partial charge is 0.444 e. The van der Waals surface area contributed by atoms with Crippen molar-refractivity contribution in [2.75, 3.05) is 26.2 Å². The zero-order valence-electron chi connectivity index (χ0n) is 33.7. The van der Waals surface area contributed by atoms with Gasteiger partial charge in [-0.2, -0.15) is 4.39 Å². The summed E-state index contributed by atoms with van der Waals surface area (Å²) in [6.45, 7) is 8.09. The van der Waals surface area contributed by atoms with E-state index in [4.69, 9.17) is 16.3 Å². The Hall–Kier alpha value is -5.60. The minimum Gasteiger partial charge on any atom is -0.444 e. The predicted molar refractivity (Wildman–Crippen MR) is 219 cm³/mol. The molecule has 15 heteroatoms. The molecule has 6 aliphatic rings. The minimum atomic E-state index is -0.538. The summed E-state index contributed by atoms with van der Waals surface area (Å²) in [5, 5.41) is 10.2. The van der Waals surface area contributed by atoms with Crippen molar-refractivity contribution in [2.45, 2.75) is 76.0 Å². The van der Waals surface area contributed by atoms with Gasteiger partial charge in [0.15, 0.2) is 0 Å². The molecule has 0 unspecified atom stereocenters. The summed E-state index contributed by atoms with van der Waals surface area (Å²) >= 11 is 6.17. The van der Waals surface area contributed by atoms with E-state index >= 15 is 0 Å². The van der Waals surface area contributed by atoms with Crippen molar-refractivity contribution in [1.29, 1.82) is 0 Å². The van der Waals surface area contributed by atoms with E-state index in [9.17, 15) is 18.8 Å². The number of rotatable bonds is 1. The molecule has 13 nitrogen and oxygen atoms in total. The molecule has 0 radical (unpaired) electrons. The van der Waals surface area contributed by atoms with Gasteiger partial charge in [0, 0.05) is 99.8 Å². The number of likely N-dealkylation sites (tertiary alicyclic amines) is 1. The first-order valence-corrected chi connectivity index (χ1v) is 20.5. The Morgan fingerprint density at radius 1 is 0.797 bits per heavy atom. The first-order chi connectivity index (χ1) is 28.1. The first-order valence-electron chi connectivity index (χ1n) is 20.1. The standard InChI is InChI=1S/C22H25ClN4O3.C22H20FN5O/c1-21(2,3)30-20(29)27-10-22(11-27)8-15-17(19(28)25-22)13-6-5-12-9-24-16(23)7-14(12)18(13)26(15)4;1-28-17-7-22(10-24-11-22)27-21(29)19(17)14-4-2-12-8-25-16(6-15(12)20(14)28)13-3-5-18(23)26-9-13/h7,9H,5-6,8,10-11H2,1-4H3,(H,25,28);3,5-6,8-9,24H,2,4,7,10-11H2,1H3,(H,27,29). The number of carbonyl (C=O) groups excluding carboxylic acids is 3. The third kappa shape index (κ3) is 6.13. The zero-order chi connectivity index (χ0) is 41.2. The molecular weight excluding hydrogens is 773 g/mol. The molecule has 3 N–H and O–H groups in total. The Bertz CT molecular complexity index is 2630. The molecule has 304 valence electrons. The number of pyridine rings is 3. The molecule has 0 atom stereocenters. The van der Waals surface area contributed by atoms with Crippen molar-refractivity contribution in [3.63, 3.8) is 0 Å². The number of amides is 3. The van der Waals surface area contributed by atoms with E-state index in [0.29, 0.717) is 24.7 Å². The third-order valence-corrected chi connectivity index (χ3v) is 13.0. The third-order valence-electron chi connectivity index (χ3n) is 12.8. The van der Waals surface area contributed by atoms with Gasteiger partial charge in [0.1, 0.15) is 10.8 Å². The van der Waals surface area contributed by atoms with E-state index in [-0.39, 0.29) is 23.4 Å². The van der Waals surface area contributed by atoms with Gasteiger partial charge in [0.25, 0.3) is 11.8 Å². The van der Waals surface area contributed by atoms with Gasteiger partial charge in [-0.1, -0.05) is 11.6 Å². The number of hydrogen-bond donors (Lipinski definition) is 3. The minimum absolute atomic E-state index is 0.0464. The molecule has 5 aromatic heterocycles. The van der Waals surface area contributed by atoms with Crippen LogP contribution in [0.2, 0.25) is 5.15 Å². The molecule has 5 aromatic rings. The van der Waals surface area contributed by atoms with Crippen LogP contribution < -0.4 is 16.0 Å². The van der Waals surface area contributed by atoms with Crippen LogP contribution in [0.25, 0.3) is 33.8 Å². The summed E-state index contributed by atoms with van der Waals surface area (Å²) in [6, 6.07) is 6.98. The summed E-state index contributed by atoms with van der Waals surface area (Å²) in [5.41, 5.74) is 13.0. The number of hydrogen-bond acceptors (Lipinski definition) is 8. The average Bonchev–Trinajstić information content (AvgIpc) is 3.63. The molecule has 0 saturated carbocycles. The highest BCUT2D eigenvalue weighted by molar-refractivity contribution is 6.29. The number of nitrogens with one attached hydrogen (secondary N) is 3. The Morgan fingerprint density at radius 3 is 1.93 bits per heavy atom. The summed E-state index contributed by atoms with van der Waals surface area (Å²) in [6.07, 6.45) is 9.77. The SMILES string of the molecule is Cn1c2c(c3c1-c1cc(-c4ccc(F)nc4)ncc1CC3)C(=O)NC1(CNC1)C2.Cn1c2c(c3c1-c1cc(Cl)ncc1CC3)C(=O)NC1(C2)CN(C(=O)OC(C)(C)C)C1. The normalized spacial score (nSPS) is 18.7. The van der Waals surface area contributed by atoms with Crippen LogP contribution in [0.1, 0.15) is 75.1 Å². The predicted octanol–water partition coefficient (Wildman–Crippen LogP) is 5.13.